The average molecular weight is 313 g/mol. The Hall–Kier alpha value is -1.37. The summed E-state index contributed by atoms with van der Waals surface area (Å²) in [5.41, 5.74) is 3.17. The summed E-state index contributed by atoms with van der Waals surface area (Å²) >= 11 is 0. The van der Waals surface area contributed by atoms with Crippen LogP contribution in [0.25, 0.3) is 0 Å². The van der Waals surface area contributed by atoms with Crippen LogP contribution in [0.3, 0.4) is 0 Å². The van der Waals surface area contributed by atoms with Crippen LogP contribution >= 0.6 is 0 Å². The summed E-state index contributed by atoms with van der Waals surface area (Å²) in [7, 11) is -0.974. The molecule has 1 aromatic heterocycles. The Morgan fingerprint density at radius 1 is 1.43 bits per heavy atom. The van der Waals surface area contributed by atoms with Gasteiger partial charge < -0.3 is 5.32 Å². The van der Waals surface area contributed by atoms with Gasteiger partial charge in [0, 0.05) is 25.7 Å². The van der Waals surface area contributed by atoms with Crippen molar-refractivity contribution < 1.29 is 13.2 Å². The summed E-state index contributed by atoms with van der Waals surface area (Å²) in [4.78, 5) is 11.9. The lowest BCUT2D eigenvalue weighted by atomic mass is 10.1. The smallest absolute Gasteiger partial charge is 0.220 e. The molecule has 1 aliphatic rings. The van der Waals surface area contributed by atoms with E-state index in [0.717, 1.165) is 17.0 Å². The summed E-state index contributed by atoms with van der Waals surface area (Å²) in [6.07, 6.45) is 1.73. The largest absolute Gasteiger partial charge is 0.356 e. The molecule has 1 aromatic rings. The van der Waals surface area contributed by atoms with Crippen molar-refractivity contribution in [2.24, 2.45) is 13.0 Å². The summed E-state index contributed by atoms with van der Waals surface area (Å²) in [5.74, 6) is 0.498. The van der Waals surface area contributed by atoms with Crippen molar-refractivity contribution in [1.29, 1.82) is 0 Å². The first-order valence-electron chi connectivity index (χ1n) is 7.24. The van der Waals surface area contributed by atoms with Crippen LogP contribution in [0.4, 0.5) is 0 Å². The number of carbonyl (C=O) groups is 1. The number of aromatic nitrogens is 2. The third-order valence-corrected chi connectivity index (χ3v) is 6.01. The number of hydrogen-bond acceptors (Lipinski definition) is 4. The number of nitrogens with zero attached hydrogens (tertiary/aromatic N) is 2. The molecule has 0 spiro atoms. The van der Waals surface area contributed by atoms with Crippen LogP contribution in [0.2, 0.25) is 0 Å². The predicted octanol–water partition coefficient (Wildman–Crippen LogP) is 0.520. The molecule has 2 rings (SSSR count). The highest BCUT2D eigenvalue weighted by atomic mass is 32.2. The molecule has 1 unspecified atom stereocenters. The number of amides is 1. The second-order valence-electron chi connectivity index (χ2n) is 5.85. The third kappa shape index (κ3) is 4.06. The van der Waals surface area contributed by atoms with Crippen molar-refractivity contribution in [1.82, 2.24) is 15.1 Å². The molecule has 21 heavy (non-hydrogen) atoms. The standard InChI is InChI=1S/C14H23N3O3S/c1-10-13(11(2)17(3)16-10)4-5-14(18)15-8-12-6-7-21(19,20)9-12/h12H,4-9H2,1-3H3,(H,15,18). The van der Waals surface area contributed by atoms with Crippen molar-refractivity contribution in [3.05, 3.63) is 17.0 Å². The number of sulfone groups is 1. The number of rotatable bonds is 5. The van der Waals surface area contributed by atoms with Crippen LogP contribution in [0, 0.1) is 19.8 Å². The molecule has 6 nitrogen and oxygen atoms in total. The monoisotopic (exact) mass is 313 g/mol. The van der Waals surface area contributed by atoms with E-state index < -0.39 is 9.84 Å². The molecule has 0 radical (unpaired) electrons. The topological polar surface area (TPSA) is 81.1 Å². The van der Waals surface area contributed by atoms with Gasteiger partial charge in [-0.25, -0.2) is 8.42 Å². The molecule has 1 atom stereocenters. The first-order chi connectivity index (χ1) is 9.78. The van der Waals surface area contributed by atoms with E-state index in [-0.39, 0.29) is 23.3 Å². The van der Waals surface area contributed by atoms with Gasteiger partial charge in [-0.2, -0.15) is 5.10 Å². The fourth-order valence-corrected chi connectivity index (χ4v) is 4.66. The Kier molecular flexibility index (Phi) is 4.70. The van der Waals surface area contributed by atoms with E-state index in [1.165, 1.54) is 0 Å². The molecule has 1 amide bonds. The maximum absolute atomic E-state index is 11.9. The Labute approximate surface area is 125 Å². The molecule has 1 saturated heterocycles. The number of hydrogen-bond donors (Lipinski definition) is 1. The van der Waals surface area contributed by atoms with E-state index in [1.54, 1.807) is 0 Å². The van der Waals surface area contributed by atoms with E-state index in [0.29, 0.717) is 25.8 Å². The summed E-state index contributed by atoms with van der Waals surface area (Å²) in [6.45, 7) is 4.41. The second-order valence-corrected chi connectivity index (χ2v) is 8.07. The molecule has 7 heteroatoms. The van der Waals surface area contributed by atoms with Crippen LogP contribution in [0.1, 0.15) is 29.8 Å². The molecule has 1 N–H and O–H groups in total. The summed E-state index contributed by atoms with van der Waals surface area (Å²) in [5, 5.41) is 7.18. The van der Waals surface area contributed by atoms with Gasteiger partial charge in [0.15, 0.2) is 9.84 Å². The van der Waals surface area contributed by atoms with Gasteiger partial charge in [0.25, 0.3) is 0 Å². The van der Waals surface area contributed by atoms with Crippen molar-refractivity contribution >= 4 is 15.7 Å². The highest BCUT2D eigenvalue weighted by Gasteiger charge is 2.27. The Bertz CT molecular complexity index is 634. The lowest BCUT2D eigenvalue weighted by Crippen LogP contribution is -2.30. The van der Waals surface area contributed by atoms with Gasteiger partial charge in [0.1, 0.15) is 0 Å². The number of carbonyl (C=O) groups excluding carboxylic acids is 1. The van der Waals surface area contributed by atoms with Gasteiger partial charge in [-0.15, -0.1) is 0 Å². The highest BCUT2D eigenvalue weighted by molar-refractivity contribution is 7.91. The van der Waals surface area contributed by atoms with Gasteiger partial charge in [-0.3, -0.25) is 9.48 Å². The van der Waals surface area contributed by atoms with Crippen LogP contribution in [-0.2, 0) is 28.1 Å². The molecule has 1 fully saturated rings. The minimum Gasteiger partial charge on any atom is -0.356 e. The number of aryl methyl sites for hydroxylation is 2. The van der Waals surface area contributed by atoms with Gasteiger partial charge in [-0.05, 0) is 38.2 Å². The molecule has 2 heterocycles. The Balaban J connectivity index is 1.78. The Morgan fingerprint density at radius 2 is 2.14 bits per heavy atom. The third-order valence-electron chi connectivity index (χ3n) is 4.18. The zero-order valence-corrected chi connectivity index (χ0v) is 13.7. The first-order valence-corrected chi connectivity index (χ1v) is 9.07. The highest BCUT2D eigenvalue weighted by Crippen LogP contribution is 2.17. The summed E-state index contributed by atoms with van der Waals surface area (Å²) < 4.78 is 24.5. The van der Waals surface area contributed by atoms with Crippen molar-refractivity contribution in [3.8, 4) is 0 Å². The van der Waals surface area contributed by atoms with E-state index in [9.17, 15) is 13.2 Å². The predicted molar refractivity (Wildman–Crippen MR) is 80.8 cm³/mol. The summed E-state index contributed by atoms with van der Waals surface area (Å²) in [6, 6.07) is 0. The van der Waals surface area contributed by atoms with Gasteiger partial charge in [0.05, 0.1) is 17.2 Å². The van der Waals surface area contributed by atoms with E-state index in [2.05, 4.69) is 10.4 Å². The minimum atomic E-state index is -2.87. The van der Waals surface area contributed by atoms with Crippen molar-refractivity contribution in [2.75, 3.05) is 18.1 Å². The van der Waals surface area contributed by atoms with Crippen LogP contribution in [0.5, 0.6) is 0 Å². The maximum Gasteiger partial charge on any atom is 0.220 e. The SMILES string of the molecule is Cc1nn(C)c(C)c1CCC(=O)NCC1CCS(=O)(=O)C1. The Morgan fingerprint density at radius 3 is 2.67 bits per heavy atom. The molecular weight excluding hydrogens is 290 g/mol. The van der Waals surface area contributed by atoms with Gasteiger partial charge >= 0.3 is 0 Å². The number of nitrogens with one attached hydrogen (secondary N) is 1. The molecule has 0 aliphatic carbocycles. The van der Waals surface area contributed by atoms with E-state index >= 15 is 0 Å². The average Bonchev–Trinajstić information content (AvgIpc) is 2.86. The minimum absolute atomic E-state index is 0.0260. The lowest BCUT2D eigenvalue weighted by molar-refractivity contribution is -0.121. The van der Waals surface area contributed by atoms with Crippen LogP contribution in [0.15, 0.2) is 0 Å². The van der Waals surface area contributed by atoms with Crippen LogP contribution < -0.4 is 5.32 Å². The van der Waals surface area contributed by atoms with E-state index in [4.69, 9.17) is 0 Å². The fraction of sp³-hybridized carbons (Fsp3) is 0.714. The van der Waals surface area contributed by atoms with Crippen LogP contribution in [-0.4, -0.2) is 42.2 Å². The van der Waals surface area contributed by atoms with Crippen molar-refractivity contribution in [2.45, 2.75) is 33.1 Å². The molecule has 118 valence electrons. The zero-order chi connectivity index (χ0) is 15.6. The first kappa shape index (κ1) is 16.0. The van der Waals surface area contributed by atoms with Gasteiger partial charge in [0.2, 0.25) is 5.91 Å². The molecule has 1 aliphatic heterocycles. The molecular formula is C14H23N3O3S. The van der Waals surface area contributed by atoms with Gasteiger partial charge in [-0.1, -0.05) is 0 Å². The zero-order valence-electron chi connectivity index (χ0n) is 12.8. The second kappa shape index (κ2) is 6.17. The normalized spacial score (nSPS) is 20.6. The molecule has 0 aromatic carbocycles. The quantitative estimate of drug-likeness (QED) is 0.859. The lowest BCUT2D eigenvalue weighted by Gasteiger charge is -2.09. The van der Waals surface area contributed by atoms with E-state index in [1.807, 2.05) is 25.6 Å². The molecule has 0 saturated carbocycles. The maximum atomic E-state index is 11.9. The fourth-order valence-electron chi connectivity index (χ4n) is 2.80. The molecule has 0 bridgehead atoms. The van der Waals surface area contributed by atoms with Crippen molar-refractivity contribution in [3.63, 3.8) is 0 Å².